The standard InChI is InChI=1S/C17H12ClN3O2/c1-11-15(16(22)20-13-6-4-12(18)5-7-13)14(10-19)17(23-11)21-8-2-3-9-21/h2-9H,1H3,(H,20,22). The van der Waals surface area contributed by atoms with Crippen molar-refractivity contribution in [2.24, 2.45) is 0 Å². The Balaban J connectivity index is 1.98. The van der Waals surface area contributed by atoms with Crippen molar-refractivity contribution in [3.63, 3.8) is 0 Å². The molecule has 2 aromatic heterocycles. The summed E-state index contributed by atoms with van der Waals surface area (Å²) in [6.07, 6.45) is 3.50. The van der Waals surface area contributed by atoms with E-state index in [1.54, 1.807) is 48.1 Å². The molecule has 1 aromatic carbocycles. The Bertz CT molecular complexity index is 887. The molecule has 0 bridgehead atoms. The largest absolute Gasteiger partial charge is 0.443 e. The van der Waals surface area contributed by atoms with Gasteiger partial charge in [0.25, 0.3) is 5.91 Å². The van der Waals surface area contributed by atoms with Gasteiger partial charge in [-0.3, -0.25) is 9.36 Å². The van der Waals surface area contributed by atoms with Crippen LogP contribution in [0, 0.1) is 18.3 Å². The molecule has 0 atom stereocenters. The first-order valence-corrected chi connectivity index (χ1v) is 7.21. The second-order valence-corrected chi connectivity index (χ2v) is 5.31. The van der Waals surface area contributed by atoms with Gasteiger partial charge in [0.1, 0.15) is 23.0 Å². The lowest BCUT2D eigenvalue weighted by molar-refractivity contribution is 0.102. The number of furan rings is 1. The number of carbonyl (C=O) groups excluding carboxylic acids is 1. The smallest absolute Gasteiger partial charge is 0.260 e. The van der Waals surface area contributed by atoms with Crippen LogP contribution in [0.5, 0.6) is 0 Å². The van der Waals surface area contributed by atoms with Crippen molar-refractivity contribution in [1.29, 1.82) is 5.26 Å². The van der Waals surface area contributed by atoms with E-state index in [2.05, 4.69) is 11.4 Å². The molecule has 0 aliphatic heterocycles. The molecule has 0 saturated heterocycles. The summed E-state index contributed by atoms with van der Waals surface area (Å²) in [6.45, 7) is 1.66. The maximum atomic E-state index is 12.5. The van der Waals surface area contributed by atoms with Crippen LogP contribution in [0.15, 0.2) is 53.2 Å². The number of nitriles is 1. The van der Waals surface area contributed by atoms with Crippen LogP contribution in [0.25, 0.3) is 5.88 Å². The summed E-state index contributed by atoms with van der Waals surface area (Å²) >= 11 is 5.82. The fourth-order valence-corrected chi connectivity index (χ4v) is 2.41. The number of aryl methyl sites for hydroxylation is 1. The summed E-state index contributed by atoms with van der Waals surface area (Å²) in [7, 11) is 0. The molecule has 114 valence electrons. The molecule has 0 spiro atoms. The molecule has 2 heterocycles. The SMILES string of the molecule is Cc1oc(-n2cccc2)c(C#N)c1C(=O)Nc1ccc(Cl)cc1. The van der Waals surface area contributed by atoms with Gasteiger partial charge < -0.3 is 9.73 Å². The van der Waals surface area contributed by atoms with E-state index in [-0.39, 0.29) is 11.1 Å². The Hall–Kier alpha value is -2.97. The molecule has 3 aromatic rings. The Kier molecular flexibility index (Phi) is 3.92. The third-order valence-electron chi connectivity index (χ3n) is 3.35. The number of nitrogens with one attached hydrogen (secondary N) is 1. The van der Waals surface area contributed by atoms with E-state index >= 15 is 0 Å². The minimum Gasteiger partial charge on any atom is -0.443 e. The van der Waals surface area contributed by atoms with Crippen LogP contribution in [0.1, 0.15) is 21.7 Å². The summed E-state index contributed by atoms with van der Waals surface area (Å²) in [5.41, 5.74) is 1.02. The summed E-state index contributed by atoms with van der Waals surface area (Å²) in [5.74, 6) is 0.316. The predicted octanol–water partition coefficient (Wildman–Crippen LogP) is 4.16. The molecule has 1 N–H and O–H groups in total. The number of carbonyl (C=O) groups is 1. The number of halogens is 1. The number of aromatic nitrogens is 1. The molecular formula is C17H12ClN3O2. The van der Waals surface area contributed by atoms with Crippen molar-refractivity contribution >= 4 is 23.2 Å². The highest BCUT2D eigenvalue weighted by Crippen LogP contribution is 2.26. The van der Waals surface area contributed by atoms with E-state index in [1.807, 2.05) is 12.1 Å². The number of hydrogen-bond acceptors (Lipinski definition) is 3. The number of amides is 1. The highest BCUT2D eigenvalue weighted by molar-refractivity contribution is 6.30. The molecule has 1 amide bonds. The predicted molar refractivity (Wildman–Crippen MR) is 86.9 cm³/mol. The average Bonchev–Trinajstić information content (AvgIpc) is 3.16. The van der Waals surface area contributed by atoms with Gasteiger partial charge in [0, 0.05) is 23.1 Å². The van der Waals surface area contributed by atoms with Gasteiger partial charge in [-0.15, -0.1) is 0 Å². The van der Waals surface area contributed by atoms with Gasteiger partial charge in [0.05, 0.1) is 0 Å². The zero-order valence-corrected chi connectivity index (χ0v) is 13.0. The van der Waals surface area contributed by atoms with E-state index in [0.29, 0.717) is 22.4 Å². The molecule has 0 aliphatic carbocycles. The van der Waals surface area contributed by atoms with Gasteiger partial charge in [0.15, 0.2) is 0 Å². The first-order valence-electron chi connectivity index (χ1n) is 6.84. The van der Waals surface area contributed by atoms with E-state index in [0.717, 1.165) is 0 Å². The molecule has 23 heavy (non-hydrogen) atoms. The Morgan fingerprint density at radius 2 is 1.91 bits per heavy atom. The van der Waals surface area contributed by atoms with Crippen LogP contribution in [0.4, 0.5) is 5.69 Å². The molecule has 0 unspecified atom stereocenters. The number of anilines is 1. The van der Waals surface area contributed by atoms with Crippen LogP contribution in [-0.4, -0.2) is 10.5 Å². The monoisotopic (exact) mass is 325 g/mol. The third kappa shape index (κ3) is 2.85. The van der Waals surface area contributed by atoms with E-state index in [4.69, 9.17) is 16.0 Å². The van der Waals surface area contributed by atoms with Crippen molar-refractivity contribution in [2.45, 2.75) is 6.92 Å². The highest BCUT2D eigenvalue weighted by Gasteiger charge is 2.24. The molecule has 0 fully saturated rings. The van der Waals surface area contributed by atoms with Crippen molar-refractivity contribution < 1.29 is 9.21 Å². The summed E-state index contributed by atoms with van der Waals surface area (Å²) in [4.78, 5) is 12.5. The van der Waals surface area contributed by atoms with Crippen LogP contribution < -0.4 is 5.32 Å². The maximum Gasteiger partial charge on any atom is 0.260 e. The first kappa shape index (κ1) is 14.9. The van der Waals surface area contributed by atoms with E-state index < -0.39 is 5.91 Å². The fraction of sp³-hybridized carbons (Fsp3) is 0.0588. The maximum absolute atomic E-state index is 12.5. The van der Waals surface area contributed by atoms with Gasteiger partial charge in [-0.05, 0) is 43.3 Å². The first-order chi connectivity index (χ1) is 11.1. The third-order valence-corrected chi connectivity index (χ3v) is 3.60. The Morgan fingerprint density at radius 1 is 1.26 bits per heavy atom. The minimum atomic E-state index is -0.400. The Morgan fingerprint density at radius 3 is 2.52 bits per heavy atom. The van der Waals surface area contributed by atoms with Crippen molar-refractivity contribution in [3.8, 4) is 12.0 Å². The Labute approximate surface area is 137 Å². The van der Waals surface area contributed by atoms with Gasteiger partial charge >= 0.3 is 0 Å². The normalized spacial score (nSPS) is 10.3. The van der Waals surface area contributed by atoms with E-state index in [1.165, 1.54) is 0 Å². The number of hydrogen-bond donors (Lipinski definition) is 1. The molecular weight excluding hydrogens is 314 g/mol. The van der Waals surface area contributed by atoms with Crippen molar-refractivity contribution in [2.75, 3.05) is 5.32 Å². The van der Waals surface area contributed by atoms with Crippen LogP contribution in [0.2, 0.25) is 5.02 Å². The molecule has 0 radical (unpaired) electrons. The van der Waals surface area contributed by atoms with Crippen molar-refractivity contribution in [3.05, 3.63) is 70.7 Å². The molecule has 0 aliphatic rings. The average molecular weight is 326 g/mol. The number of benzene rings is 1. The fourth-order valence-electron chi connectivity index (χ4n) is 2.29. The topological polar surface area (TPSA) is 71.0 Å². The second-order valence-electron chi connectivity index (χ2n) is 4.88. The molecule has 0 saturated carbocycles. The molecule has 6 heteroatoms. The van der Waals surface area contributed by atoms with Gasteiger partial charge in [-0.25, -0.2) is 0 Å². The molecule has 5 nitrogen and oxygen atoms in total. The second kappa shape index (κ2) is 6.03. The lowest BCUT2D eigenvalue weighted by Gasteiger charge is -2.04. The minimum absolute atomic E-state index is 0.199. The summed E-state index contributed by atoms with van der Waals surface area (Å²) < 4.78 is 7.27. The lowest BCUT2D eigenvalue weighted by atomic mass is 10.1. The highest BCUT2D eigenvalue weighted by atomic mass is 35.5. The lowest BCUT2D eigenvalue weighted by Crippen LogP contribution is -2.13. The zero-order chi connectivity index (χ0) is 16.4. The molecule has 3 rings (SSSR count). The summed E-state index contributed by atoms with van der Waals surface area (Å²) in [6, 6.07) is 12.4. The van der Waals surface area contributed by atoms with Crippen LogP contribution in [-0.2, 0) is 0 Å². The number of nitrogens with zero attached hydrogens (tertiary/aromatic N) is 2. The van der Waals surface area contributed by atoms with E-state index in [9.17, 15) is 10.1 Å². The van der Waals surface area contributed by atoms with Gasteiger partial charge in [-0.1, -0.05) is 11.6 Å². The van der Waals surface area contributed by atoms with Crippen molar-refractivity contribution in [1.82, 2.24) is 4.57 Å². The zero-order valence-electron chi connectivity index (χ0n) is 12.2. The quantitative estimate of drug-likeness (QED) is 0.786. The summed E-state index contributed by atoms with van der Waals surface area (Å²) in [5, 5.41) is 12.8. The van der Waals surface area contributed by atoms with Gasteiger partial charge in [-0.2, -0.15) is 5.26 Å². The van der Waals surface area contributed by atoms with Crippen LogP contribution >= 0.6 is 11.6 Å². The van der Waals surface area contributed by atoms with Crippen LogP contribution in [0.3, 0.4) is 0 Å². The van der Waals surface area contributed by atoms with Gasteiger partial charge in [0.2, 0.25) is 5.88 Å². The number of rotatable bonds is 3.